The van der Waals surface area contributed by atoms with E-state index in [4.69, 9.17) is 4.74 Å². The van der Waals surface area contributed by atoms with Crippen molar-refractivity contribution in [2.45, 2.75) is 63.9 Å². The summed E-state index contributed by atoms with van der Waals surface area (Å²) in [6, 6.07) is 0. The van der Waals surface area contributed by atoms with E-state index in [1.807, 2.05) is 6.08 Å². The molecule has 6 rings (SSSR count). The Morgan fingerprint density at radius 3 is 2.77 bits per heavy atom. The van der Waals surface area contributed by atoms with Crippen LogP contribution in [-0.4, -0.2) is 17.4 Å². The van der Waals surface area contributed by atoms with Crippen molar-refractivity contribution in [3.63, 3.8) is 0 Å². The van der Waals surface area contributed by atoms with Crippen LogP contribution < -0.4 is 0 Å². The Balaban J connectivity index is 1.40. The van der Waals surface area contributed by atoms with Gasteiger partial charge in [-0.25, -0.2) is 4.79 Å². The van der Waals surface area contributed by atoms with Crippen LogP contribution in [0.1, 0.15) is 58.3 Å². The standard InChI is InChI=1S/C23H28O3/c1-2-22-8-5-15-14-4-3-13(24)11-16(14)17-12-18(17)21(15)19(22)6-9-23(22)10-7-20(25)26-23/h7,10-11,14-15,17-19,21H,2-6,8-9,12H2,1H3/t14-,15?,17?,18?,19?,21?,22+,23-/m1/s1. The molecular formula is C23H28O3. The monoisotopic (exact) mass is 352 g/mol. The average Bonchev–Trinajstić information content (AvgIpc) is 3.27. The van der Waals surface area contributed by atoms with Crippen LogP contribution >= 0.6 is 0 Å². The molecular weight excluding hydrogens is 324 g/mol. The van der Waals surface area contributed by atoms with E-state index in [9.17, 15) is 9.59 Å². The molecule has 8 atom stereocenters. The summed E-state index contributed by atoms with van der Waals surface area (Å²) in [6.45, 7) is 2.32. The van der Waals surface area contributed by atoms with Crippen LogP contribution in [0.5, 0.6) is 0 Å². The minimum atomic E-state index is -0.322. The lowest BCUT2D eigenvalue weighted by atomic mass is 9.49. The van der Waals surface area contributed by atoms with Crippen molar-refractivity contribution in [3.8, 4) is 0 Å². The molecule has 0 aromatic carbocycles. The lowest BCUT2D eigenvalue weighted by Gasteiger charge is -2.56. The van der Waals surface area contributed by atoms with Gasteiger partial charge in [0.2, 0.25) is 0 Å². The van der Waals surface area contributed by atoms with Gasteiger partial charge in [-0.1, -0.05) is 12.5 Å². The van der Waals surface area contributed by atoms with Crippen molar-refractivity contribution < 1.29 is 14.3 Å². The molecule has 0 amide bonds. The lowest BCUT2D eigenvalue weighted by molar-refractivity contribution is -0.165. The molecule has 0 aromatic rings. The Kier molecular flexibility index (Phi) is 2.96. The smallest absolute Gasteiger partial charge is 0.331 e. The number of ketones is 1. The summed E-state index contributed by atoms with van der Waals surface area (Å²) in [5.74, 6) is 4.62. The second-order valence-corrected chi connectivity index (χ2v) is 9.84. The summed E-state index contributed by atoms with van der Waals surface area (Å²) in [6.07, 6.45) is 14.7. The molecule has 0 aromatic heterocycles. The fourth-order valence-electron chi connectivity index (χ4n) is 8.45. The minimum absolute atomic E-state index is 0.135. The third-order valence-corrected chi connectivity index (χ3v) is 9.40. The maximum atomic E-state index is 12.0. The molecule has 0 bridgehead atoms. The second kappa shape index (κ2) is 4.91. The van der Waals surface area contributed by atoms with Gasteiger partial charge in [-0.2, -0.15) is 0 Å². The maximum Gasteiger partial charge on any atom is 0.331 e. The Labute approximate surface area is 155 Å². The molecule has 0 N–H and O–H groups in total. The number of fused-ring (bicyclic) bond motifs is 9. The molecule has 4 fully saturated rings. The molecule has 1 heterocycles. The van der Waals surface area contributed by atoms with Crippen LogP contribution in [0, 0.1) is 40.9 Å². The van der Waals surface area contributed by atoms with Gasteiger partial charge in [0.05, 0.1) is 0 Å². The Bertz CT molecular complexity index is 763. The molecule has 26 heavy (non-hydrogen) atoms. The van der Waals surface area contributed by atoms with Crippen molar-refractivity contribution >= 4 is 11.8 Å². The summed E-state index contributed by atoms with van der Waals surface area (Å²) in [5, 5.41) is 0. The fraction of sp³-hybridized carbons (Fsp3) is 0.739. The highest BCUT2D eigenvalue weighted by molar-refractivity contribution is 5.91. The first-order valence-electron chi connectivity index (χ1n) is 10.7. The number of allylic oxidation sites excluding steroid dienone is 1. The highest BCUT2D eigenvalue weighted by Gasteiger charge is 2.70. The maximum absolute atomic E-state index is 12.0. The van der Waals surface area contributed by atoms with Gasteiger partial charge in [0.1, 0.15) is 5.60 Å². The largest absolute Gasteiger partial charge is 0.451 e. The van der Waals surface area contributed by atoms with E-state index in [0.29, 0.717) is 23.5 Å². The molecule has 6 aliphatic rings. The van der Waals surface area contributed by atoms with Crippen LogP contribution in [0.3, 0.4) is 0 Å². The zero-order valence-corrected chi connectivity index (χ0v) is 15.6. The zero-order valence-electron chi connectivity index (χ0n) is 15.6. The molecule has 0 saturated heterocycles. The summed E-state index contributed by atoms with van der Waals surface area (Å²) >= 11 is 0. The Morgan fingerprint density at radius 2 is 2.00 bits per heavy atom. The number of esters is 1. The lowest BCUT2D eigenvalue weighted by Crippen LogP contribution is -2.54. The van der Waals surface area contributed by atoms with Gasteiger partial charge in [-0.3, -0.25) is 4.79 Å². The van der Waals surface area contributed by atoms with Crippen LogP contribution in [0.2, 0.25) is 0 Å². The third-order valence-electron chi connectivity index (χ3n) is 9.40. The van der Waals surface area contributed by atoms with E-state index in [2.05, 4.69) is 13.0 Å². The zero-order chi connectivity index (χ0) is 17.7. The van der Waals surface area contributed by atoms with E-state index < -0.39 is 0 Å². The molecule has 3 nitrogen and oxygen atoms in total. The van der Waals surface area contributed by atoms with Crippen LogP contribution in [-0.2, 0) is 14.3 Å². The number of rotatable bonds is 1. The predicted octanol–water partition coefficient (Wildman–Crippen LogP) is 4.23. The number of hydrogen-bond acceptors (Lipinski definition) is 3. The van der Waals surface area contributed by atoms with Crippen LogP contribution in [0.4, 0.5) is 0 Å². The van der Waals surface area contributed by atoms with Gasteiger partial charge in [0.25, 0.3) is 0 Å². The van der Waals surface area contributed by atoms with Crippen molar-refractivity contribution in [3.05, 3.63) is 23.8 Å². The van der Waals surface area contributed by atoms with E-state index in [-0.39, 0.29) is 17.0 Å². The van der Waals surface area contributed by atoms with Crippen LogP contribution in [0.15, 0.2) is 23.8 Å². The topological polar surface area (TPSA) is 43.4 Å². The van der Waals surface area contributed by atoms with Crippen molar-refractivity contribution in [2.24, 2.45) is 40.9 Å². The van der Waals surface area contributed by atoms with E-state index in [0.717, 1.165) is 43.4 Å². The first-order valence-corrected chi connectivity index (χ1v) is 10.7. The molecule has 0 radical (unpaired) electrons. The van der Waals surface area contributed by atoms with Crippen molar-refractivity contribution in [1.29, 1.82) is 0 Å². The van der Waals surface area contributed by atoms with E-state index >= 15 is 0 Å². The van der Waals surface area contributed by atoms with Gasteiger partial charge in [0.15, 0.2) is 5.78 Å². The second-order valence-electron chi connectivity index (χ2n) is 9.84. The van der Waals surface area contributed by atoms with Crippen molar-refractivity contribution in [2.75, 3.05) is 0 Å². The van der Waals surface area contributed by atoms with E-state index in [1.54, 1.807) is 6.08 Å². The van der Waals surface area contributed by atoms with E-state index in [1.165, 1.54) is 31.3 Å². The number of hydrogen-bond donors (Lipinski definition) is 0. The number of ether oxygens (including phenoxy) is 1. The van der Waals surface area contributed by atoms with Crippen LogP contribution in [0.25, 0.3) is 0 Å². The normalized spacial score (nSPS) is 53.5. The third kappa shape index (κ3) is 1.71. The number of carbonyl (C=O) groups is 2. The number of carbonyl (C=O) groups excluding carboxylic acids is 2. The van der Waals surface area contributed by atoms with Gasteiger partial charge < -0.3 is 4.74 Å². The highest BCUT2D eigenvalue weighted by atomic mass is 16.6. The summed E-state index contributed by atoms with van der Waals surface area (Å²) in [5.41, 5.74) is 1.35. The Hall–Kier alpha value is -1.38. The molecule has 3 heteroatoms. The molecule has 1 aliphatic heterocycles. The molecule has 1 spiro atoms. The predicted molar refractivity (Wildman–Crippen MR) is 97.0 cm³/mol. The summed E-state index contributed by atoms with van der Waals surface area (Å²) in [7, 11) is 0. The summed E-state index contributed by atoms with van der Waals surface area (Å²) < 4.78 is 6.02. The fourth-order valence-corrected chi connectivity index (χ4v) is 8.45. The van der Waals surface area contributed by atoms with Crippen molar-refractivity contribution in [1.82, 2.24) is 0 Å². The average molecular weight is 352 g/mol. The quantitative estimate of drug-likeness (QED) is 0.664. The Morgan fingerprint density at radius 1 is 1.12 bits per heavy atom. The van der Waals surface area contributed by atoms with Gasteiger partial charge in [-0.05, 0) is 92.6 Å². The first-order chi connectivity index (χ1) is 12.6. The van der Waals surface area contributed by atoms with Gasteiger partial charge >= 0.3 is 5.97 Å². The SMILES string of the molecule is CC[C@]12CCC3C(C4CC4C4=CC(=O)CC[C@@H]43)C1CC[C@@]21C=CC(=O)O1. The highest BCUT2D eigenvalue weighted by Crippen LogP contribution is 2.73. The first kappa shape index (κ1) is 15.7. The van der Waals surface area contributed by atoms with Gasteiger partial charge in [0, 0.05) is 17.9 Å². The molecule has 138 valence electrons. The molecule has 5 aliphatic carbocycles. The minimum Gasteiger partial charge on any atom is -0.451 e. The molecule has 4 saturated carbocycles. The van der Waals surface area contributed by atoms with Gasteiger partial charge in [-0.15, -0.1) is 0 Å². The molecule has 5 unspecified atom stereocenters. The summed E-state index contributed by atoms with van der Waals surface area (Å²) in [4.78, 5) is 24.0.